The fraction of sp³-hybridized carbons (Fsp3) is 0.667. The van der Waals surface area contributed by atoms with Gasteiger partial charge in [0.2, 0.25) is 0 Å². The minimum Gasteiger partial charge on any atom is -0.326 e. The second-order valence-electron chi connectivity index (χ2n) is 4.99. The zero-order valence-corrected chi connectivity index (χ0v) is 12.7. The predicted octanol–water partition coefficient (Wildman–Crippen LogP) is 3.79. The third kappa shape index (κ3) is 2.43. The first-order chi connectivity index (χ1) is 8.16. The van der Waals surface area contributed by atoms with Crippen LogP contribution in [0.4, 0.5) is 0 Å². The fourth-order valence-electron chi connectivity index (χ4n) is 2.75. The SMILES string of the molecule is NC1CCCN(C2CC2)C1c1cc(Br)c(Cl)s1. The Hall–Kier alpha value is 0.390. The summed E-state index contributed by atoms with van der Waals surface area (Å²) < 4.78 is 1.85. The smallest absolute Gasteiger partial charge is 0.107 e. The van der Waals surface area contributed by atoms with E-state index in [-0.39, 0.29) is 6.04 Å². The largest absolute Gasteiger partial charge is 0.326 e. The molecule has 2 aliphatic rings. The lowest BCUT2D eigenvalue weighted by molar-refractivity contribution is 0.122. The lowest BCUT2D eigenvalue weighted by Gasteiger charge is -2.39. The average molecular weight is 336 g/mol. The van der Waals surface area contributed by atoms with Crippen molar-refractivity contribution in [1.29, 1.82) is 0 Å². The van der Waals surface area contributed by atoms with Crippen LogP contribution in [0.25, 0.3) is 0 Å². The van der Waals surface area contributed by atoms with Gasteiger partial charge in [-0.1, -0.05) is 11.6 Å². The van der Waals surface area contributed by atoms with Crippen molar-refractivity contribution in [2.45, 2.75) is 43.8 Å². The number of likely N-dealkylation sites (tertiary alicyclic amines) is 1. The highest BCUT2D eigenvalue weighted by molar-refractivity contribution is 9.10. The van der Waals surface area contributed by atoms with E-state index < -0.39 is 0 Å². The zero-order chi connectivity index (χ0) is 12.0. The average Bonchev–Trinajstić information content (AvgIpc) is 3.07. The molecule has 0 radical (unpaired) electrons. The van der Waals surface area contributed by atoms with Gasteiger partial charge < -0.3 is 5.73 Å². The quantitative estimate of drug-likeness (QED) is 0.891. The molecule has 2 atom stereocenters. The van der Waals surface area contributed by atoms with Crippen LogP contribution in [0.15, 0.2) is 10.5 Å². The molecule has 0 amide bonds. The second kappa shape index (κ2) is 4.82. The minimum absolute atomic E-state index is 0.256. The van der Waals surface area contributed by atoms with Crippen LogP contribution in [0, 0.1) is 0 Å². The van der Waals surface area contributed by atoms with E-state index in [9.17, 15) is 0 Å². The van der Waals surface area contributed by atoms with Crippen LogP contribution in [0.3, 0.4) is 0 Å². The van der Waals surface area contributed by atoms with Crippen LogP contribution in [0.1, 0.15) is 36.6 Å². The van der Waals surface area contributed by atoms with Gasteiger partial charge in [0, 0.05) is 21.4 Å². The molecule has 2 heterocycles. The Morgan fingerprint density at radius 1 is 1.41 bits per heavy atom. The monoisotopic (exact) mass is 334 g/mol. The van der Waals surface area contributed by atoms with Crippen molar-refractivity contribution in [3.63, 3.8) is 0 Å². The summed E-state index contributed by atoms with van der Waals surface area (Å²) in [4.78, 5) is 3.92. The standard InChI is InChI=1S/C12H16BrClN2S/c13-8-6-10(17-12(8)14)11-9(15)2-1-5-16(11)7-3-4-7/h6-7,9,11H,1-5,15H2. The number of piperidine rings is 1. The summed E-state index contributed by atoms with van der Waals surface area (Å²) in [5, 5.41) is 0. The lowest BCUT2D eigenvalue weighted by atomic mass is 9.95. The molecule has 2 nitrogen and oxygen atoms in total. The van der Waals surface area contributed by atoms with Gasteiger partial charge in [0.25, 0.3) is 0 Å². The predicted molar refractivity (Wildman–Crippen MR) is 76.7 cm³/mol. The van der Waals surface area contributed by atoms with E-state index in [0.29, 0.717) is 6.04 Å². The van der Waals surface area contributed by atoms with Crippen molar-refractivity contribution < 1.29 is 0 Å². The molecule has 2 fully saturated rings. The van der Waals surface area contributed by atoms with Crippen LogP contribution in [-0.4, -0.2) is 23.5 Å². The number of halogens is 2. The van der Waals surface area contributed by atoms with Gasteiger partial charge in [-0.05, 0) is 54.2 Å². The molecular weight excluding hydrogens is 320 g/mol. The molecule has 0 aromatic carbocycles. The summed E-state index contributed by atoms with van der Waals surface area (Å²) in [5.41, 5.74) is 6.33. The lowest BCUT2D eigenvalue weighted by Crippen LogP contribution is -2.46. The Morgan fingerprint density at radius 3 is 2.76 bits per heavy atom. The van der Waals surface area contributed by atoms with Crippen molar-refractivity contribution in [3.8, 4) is 0 Å². The third-order valence-electron chi connectivity index (χ3n) is 3.69. The number of thiophene rings is 1. The maximum atomic E-state index is 6.33. The van der Waals surface area contributed by atoms with Gasteiger partial charge in [-0.15, -0.1) is 11.3 Å². The van der Waals surface area contributed by atoms with Crippen molar-refractivity contribution >= 4 is 38.9 Å². The van der Waals surface area contributed by atoms with Crippen molar-refractivity contribution in [2.75, 3.05) is 6.54 Å². The van der Waals surface area contributed by atoms with Crippen molar-refractivity contribution in [3.05, 3.63) is 19.8 Å². The zero-order valence-electron chi connectivity index (χ0n) is 9.53. The summed E-state index contributed by atoms with van der Waals surface area (Å²) in [6.07, 6.45) is 5.03. The van der Waals surface area contributed by atoms with E-state index in [4.69, 9.17) is 17.3 Å². The van der Waals surface area contributed by atoms with E-state index in [2.05, 4.69) is 26.9 Å². The van der Waals surface area contributed by atoms with Gasteiger partial charge in [0.1, 0.15) is 4.34 Å². The molecule has 5 heteroatoms. The summed E-state index contributed by atoms with van der Waals surface area (Å²) in [6, 6.07) is 3.56. The second-order valence-corrected chi connectivity index (χ2v) is 7.53. The first-order valence-electron chi connectivity index (χ1n) is 6.13. The van der Waals surface area contributed by atoms with Crippen molar-refractivity contribution in [2.24, 2.45) is 5.73 Å². The van der Waals surface area contributed by atoms with Gasteiger partial charge >= 0.3 is 0 Å². The first kappa shape index (κ1) is 12.4. The summed E-state index contributed by atoms with van der Waals surface area (Å²) >= 11 is 11.3. The maximum Gasteiger partial charge on any atom is 0.107 e. The van der Waals surface area contributed by atoms with Crippen LogP contribution in [0.2, 0.25) is 4.34 Å². The first-order valence-corrected chi connectivity index (χ1v) is 8.11. The number of rotatable bonds is 2. The maximum absolute atomic E-state index is 6.33. The summed E-state index contributed by atoms with van der Waals surface area (Å²) in [6.45, 7) is 1.19. The number of nitrogens with two attached hydrogens (primary N) is 1. The Labute approximate surface area is 119 Å². The molecular formula is C12H16BrClN2S. The molecule has 17 heavy (non-hydrogen) atoms. The van der Waals surface area contributed by atoms with Gasteiger partial charge in [0.05, 0.1) is 6.04 Å². The van der Waals surface area contributed by atoms with E-state index in [1.807, 2.05) is 0 Å². The summed E-state index contributed by atoms with van der Waals surface area (Å²) in [5.74, 6) is 0. The summed E-state index contributed by atoms with van der Waals surface area (Å²) in [7, 11) is 0. The third-order valence-corrected chi connectivity index (χ3v) is 6.23. The molecule has 1 saturated carbocycles. The molecule has 0 bridgehead atoms. The molecule has 2 N–H and O–H groups in total. The molecule has 1 aliphatic carbocycles. The van der Waals surface area contributed by atoms with E-state index in [1.54, 1.807) is 11.3 Å². The molecule has 2 unspecified atom stereocenters. The van der Waals surface area contributed by atoms with Crippen LogP contribution < -0.4 is 5.73 Å². The number of nitrogens with zero attached hydrogens (tertiary/aromatic N) is 1. The van der Waals surface area contributed by atoms with Gasteiger partial charge in [-0.3, -0.25) is 4.90 Å². The van der Waals surface area contributed by atoms with Crippen LogP contribution in [-0.2, 0) is 0 Å². The Kier molecular flexibility index (Phi) is 3.52. The van der Waals surface area contributed by atoms with Crippen LogP contribution in [0.5, 0.6) is 0 Å². The number of hydrogen-bond acceptors (Lipinski definition) is 3. The molecule has 3 rings (SSSR count). The highest BCUT2D eigenvalue weighted by Gasteiger charge is 2.40. The normalized spacial score (nSPS) is 30.8. The molecule has 1 aromatic rings. The van der Waals surface area contributed by atoms with Crippen molar-refractivity contribution in [1.82, 2.24) is 4.90 Å². The highest BCUT2D eigenvalue weighted by atomic mass is 79.9. The van der Waals surface area contributed by atoms with E-state index in [0.717, 1.165) is 21.3 Å². The molecule has 1 aliphatic heterocycles. The van der Waals surface area contributed by atoms with Crippen LogP contribution >= 0.6 is 38.9 Å². The number of hydrogen-bond donors (Lipinski definition) is 1. The minimum atomic E-state index is 0.256. The Bertz CT molecular complexity index is 399. The van der Waals surface area contributed by atoms with E-state index >= 15 is 0 Å². The Morgan fingerprint density at radius 2 is 2.18 bits per heavy atom. The van der Waals surface area contributed by atoms with Gasteiger partial charge in [0.15, 0.2) is 0 Å². The molecule has 94 valence electrons. The fourth-order valence-corrected chi connectivity index (χ4v) is 4.69. The highest BCUT2D eigenvalue weighted by Crippen LogP contribution is 2.44. The molecule has 0 spiro atoms. The molecule has 1 saturated heterocycles. The van der Waals surface area contributed by atoms with Gasteiger partial charge in [-0.25, -0.2) is 0 Å². The van der Waals surface area contributed by atoms with Gasteiger partial charge in [-0.2, -0.15) is 0 Å². The van der Waals surface area contributed by atoms with E-state index in [1.165, 1.54) is 30.7 Å². The molecule has 1 aromatic heterocycles. The Balaban J connectivity index is 1.90. The topological polar surface area (TPSA) is 29.3 Å².